The first kappa shape index (κ1) is 16.5. The molecule has 0 radical (unpaired) electrons. The molecule has 0 aromatic carbocycles. The summed E-state index contributed by atoms with van der Waals surface area (Å²) < 4.78 is 1.91. The Morgan fingerprint density at radius 1 is 1.55 bits per heavy atom. The number of carbonyl (C=O) groups excluding carboxylic acids is 1. The van der Waals surface area contributed by atoms with Crippen molar-refractivity contribution in [2.45, 2.75) is 51.4 Å². The molecule has 0 bridgehead atoms. The van der Waals surface area contributed by atoms with Gasteiger partial charge < -0.3 is 9.88 Å². The highest BCUT2D eigenvalue weighted by Crippen LogP contribution is 2.20. The second kappa shape index (κ2) is 6.75. The monoisotopic (exact) mass is 295 g/mol. The molecule has 1 heterocycles. The van der Waals surface area contributed by atoms with Crippen LogP contribution < -0.4 is 5.32 Å². The van der Waals surface area contributed by atoms with Gasteiger partial charge in [-0.1, -0.05) is 25.6 Å². The van der Waals surface area contributed by atoms with Crippen molar-refractivity contribution in [1.82, 2.24) is 20.1 Å². The van der Waals surface area contributed by atoms with Crippen LogP contribution in [0.2, 0.25) is 0 Å². The van der Waals surface area contributed by atoms with Crippen LogP contribution in [0.25, 0.3) is 0 Å². The molecule has 20 heavy (non-hydrogen) atoms. The minimum absolute atomic E-state index is 0.0424. The lowest BCUT2D eigenvalue weighted by atomic mass is 9.90. The number of rotatable bonds is 6. The minimum atomic E-state index is -0.844. The van der Waals surface area contributed by atoms with Gasteiger partial charge in [0, 0.05) is 6.04 Å². The lowest BCUT2D eigenvalue weighted by Gasteiger charge is -2.27. The van der Waals surface area contributed by atoms with Gasteiger partial charge in [-0.3, -0.25) is 4.79 Å². The number of nitrogens with one attached hydrogen (secondary N) is 1. The Bertz CT molecular complexity index is 505. The Balaban J connectivity index is 2.60. The molecular weight excluding hydrogens is 274 g/mol. The van der Waals surface area contributed by atoms with E-state index in [1.54, 1.807) is 13.3 Å². The third-order valence-corrected chi connectivity index (χ3v) is 4.17. The van der Waals surface area contributed by atoms with Crippen molar-refractivity contribution in [3.63, 3.8) is 0 Å². The molecule has 0 aliphatic heterocycles. The van der Waals surface area contributed by atoms with Crippen LogP contribution in [0.4, 0.5) is 0 Å². The van der Waals surface area contributed by atoms with Crippen molar-refractivity contribution in [3.05, 3.63) is 6.33 Å². The highest BCUT2D eigenvalue weighted by atomic mass is 32.2. The van der Waals surface area contributed by atoms with E-state index in [0.717, 1.165) is 0 Å². The molecule has 1 unspecified atom stereocenters. The largest absolute Gasteiger partial charge is 0.337 e. The van der Waals surface area contributed by atoms with Crippen LogP contribution in [-0.2, 0) is 4.79 Å². The van der Waals surface area contributed by atoms with Crippen LogP contribution in [0.1, 0.15) is 40.7 Å². The molecule has 1 amide bonds. The number of nitrogens with zero attached hydrogens (tertiary/aromatic N) is 4. The standard InChI is InChI=1S/C13H21N5OS/c1-9(2)13(5,7-14)16-11(19)6-20-12-17-15-8-18(12)10(3)4/h8-10H,6H2,1-5H3,(H,16,19). The number of hydrogen-bond acceptors (Lipinski definition) is 5. The van der Waals surface area contributed by atoms with Gasteiger partial charge >= 0.3 is 0 Å². The van der Waals surface area contributed by atoms with E-state index in [1.165, 1.54) is 11.8 Å². The van der Waals surface area contributed by atoms with E-state index in [2.05, 4.69) is 21.6 Å². The average molecular weight is 295 g/mol. The Morgan fingerprint density at radius 3 is 2.70 bits per heavy atom. The van der Waals surface area contributed by atoms with Crippen molar-refractivity contribution in [2.75, 3.05) is 5.75 Å². The first-order valence-electron chi connectivity index (χ1n) is 6.54. The summed E-state index contributed by atoms with van der Waals surface area (Å²) in [7, 11) is 0. The number of nitriles is 1. The topological polar surface area (TPSA) is 83.6 Å². The summed E-state index contributed by atoms with van der Waals surface area (Å²) in [6.45, 7) is 9.60. The molecular formula is C13H21N5OS. The van der Waals surface area contributed by atoms with Crippen LogP contribution in [-0.4, -0.2) is 32.0 Å². The predicted octanol–water partition coefficient (Wildman–Crippen LogP) is 2.01. The molecule has 1 atom stereocenters. The second-order valence-electron chi connectivity index (χ2n) is 5.42. The zero-order chi connectivity index (χ0) is 15.3. The van der Waals surface area contributed by atoms with Gasteiger partial charge in [-0.15, -0.1) is 10.2 Å². The smallest absolute Gasteiger partial charge is 0.231 e. The highest BCUT2D eigenvalue weighted by Gasteiger charge is 2.29. The van der Waals surface area contributed by atoms with Crippen molar-refractivity contribution in [3.8, 4) is 6.07 Å². The first-order valence-corrected chi connectivity index (χ1v) is 7.53. The zero-order valence-corrected chi connectivity index (χ0v) is 13.4. The summed E-state index contributed by atoms with van der Waals surface area (Å²) in [6, 6.07) is 2.40. The number of hydrogen-bond donors (Lipinski definition) is 1. The van der Waals surface area contributed by atoms with E-state index in [1.807, 2.05) is 32.3 Å². The first-order chi connectivity index (χ1) is 9.30. The molecule has 0 fully saturated rings. The lowest BCUT2D eigenvalue weighted by Crippen LogP contribution is -2.49. The summed E-state index contributed by atoms with van der Waals surface area (Å²) in [4.78, 5) is 12.0. The van der Waals surface area contributed by atoms with E-state index in [9.17, 15) is 10.1 Å². The Kier molecular flexibility index (Phi) is 5.57. The summed E-state index contributed by atoms with van der Waals surface area (Å²) in [5, 5.41) is 20.5. The third-order valence-electron chi connectivity index (χ3n) is 3.21. The maximum absolute atomic E-state index is 12.0. The second-order valence-corrected chi connectivity index (χ2v) is 6.36. The van der Waals surface area contributed by atoms with Crippen molar-refractivity contribution in [1.29, 1.82) is 5.26 Å². The van der Waals surface area contributed by atoms with Gasteiger partial charge in [0.2, 0.25) is 5.91 Å². The van der Waals surface area contributed by atoms with Crippen molar-refractivity contribution in [2.24, 2.45) is 5.92 Å². The number of carbonyl (C=O) groups is 1. The van der Waals surface area contributed by atoms with Gasteiger partial charge in [-0.05, 0) is 26.7 Å². The maximum Gasteiger partial charge on any atom is 0.231 e. The Morgan fingerprint density at radius 2 is 2.20 bits per heavy atom. The van der Waals surface area contributed by atoms with Crippen LogP contribution in [0.5, 0.6) is 0 Å². The predicted molar refractivity (Wildman–Crippen MR) is 78.1 cm³/mol. The summed E-state index contributed by atoms with van der Waals surface area (Å²) in [6.07, 6.45) is 1.65. The summed E-state index contributed by atoms with van der Waals surface area (Å²) in [5.74, 6) is 0.0851. The van der Waals surface area contributed by atoms with E-state index < -0.39 is 5.54 Å². The summed E-state index contributed by atoms with van der Waals surface area (Å²) in [5.41, 5.74) is -0.844. The quantitative estimate of drug-likeness (QED) is 0.812. The SMILES string of the molecule is CC(C)n1cnnc1SCC(=O)NC(C)(C#N)C(C)C. The fraction of sp³-hybridized carbons (Fsp3) is 0.692. The zero-order valence-electron chi connectivity index (χ0n) is 12.5. The molecule has 0 saturated carbocycles. The number of amides is 1. The Hall–Kier alpha value is -1.55. The fourth-order valence-corrected chi connectivity index (χ4v) is 2.29. The third kappa shape index (κ3) is 3.97. The van der Waals surface area contributed by atoms with E-state index in [-0.39, 0.29) is 23.6 Å². The summed E-state index contributed by atoms with van der Waals surface area (Å²) >= 11 is 1.32. The van der Waals surface area contributed by atoms with Crippen molar-refractivity contribution < 1.29 is 4.79 Å². The van der Waals surface area contributed by atoms with Crippen LogP contribution >= 0.6 is 11.8 Å². The molecule has 0 saturated heterocycles. The molecule has 1 aromatic heterocycles. The molecule has 0 aliphatic carbocycles. The lowest BCUT2D eigenvalue weighted by molar-refractivity contribution is -0.120. The fourth-order valence-electron chi connectivity index (χ4n) is 1.45. The molecule has 1 N–H and O–H groups in total. The molecule has 110 valence electrons. The normalized spacial score (nSPS) is 14.1. The Labute approximate surface area is 123 Å². The van der Waals surface area contributed by atoms with Gasteiger partial charge in [-0.25, -0.2) is 0 Å². The molecule has 1 aromatic rings. The van der Waals surface area contributed by atoms with Crippen LogP contribution in [0, 0.1) is 17.2 Å². The molecule has 0 spiro atoms. The molecule has 7 heteroatoms. The minimum Gasteiger partial charge on any atom is -0.337 e. The van der Waals surface area contributed by atoms with Gasteiger partial charge in [0.25, 0.3) is 0 Å². The van der Waals surface area contributed by atoms with Crippen LogP contribution in [0.3, 0.4) is 0 Å². The molecule has 6 nitrogen and oxygen atoms in total. The molecule has 0 aliphatic rings. The molecule has 1 rings (SSSR count). The van der Waals surface area contributed by atoms with E-state index >= 15 is 0 Å². The van der Waals surface area contributed by atoms with E-state index in [0.29, 0.717) is 5.16 Å². The van der Waals surface area contributed by atoms with Gasteiger partial charge in [0.1, 0.15) is 11.9 Å². The van der Waals surface area contributed by atoms with Crippen LogP contribution in [0.15, 0.2) is 11.5 Å². The number of thioether (sulfide) groups is 1. The van der Waals surface area contributed by atoms with Gasteiger partial charge in [0.05, 0.1) is 11.8 Å². The highest BCUT2D eigenvalue weighted by molar-refractivity contribution is 7.99. The van der Waals surface area contributed by atoms with Gasteiger partial charge in [-0.2, -0.15) is 5.26 Å². The van der Waals surface area contributed by atoms with Crippen molar-refractivity contribution >= 4 is 17.7 Å². The van der Waals surface area contributed by atoms with E-state index in [4.69, 9.17) is 0 Å². The maximum atomic E-state index is 12.0. The number of aromatic nitrogens is 3. The van der Waals surface area contributed by atoms with Gasteiger partial charge in [0.15, 0.2) is 5.16 Å². The average Bonchev–Trinajstić information content (AvgIpc) is 2.84.